The number of para-hydroxylation sites is 1. The van der Waals surface area contributed by atoms with Gasteiger partial charge in [-0.05, 0) is 6.07 Å². The van der Waals surface area contributed by atoms with Crippen molar-refractivity contribution < 1.29 is 21.6 Å². The number of hydrogen-bond acceptors (Lipinski definition) is 1. The van der Waals surface area contributed by atoms with E-state index in [1.165, 1.54) is 0 Å². The molecule has 0 saturated heterocycles. The molecule has 1 rings (SSSR count). The van der Waals surface area contributed by atoms with Crippen LogP contribution in [-0.4, -0.2) is 5.11 Å². The average Bonchev–Trinajstić information content (AvgIpc) is 1.94. The first-order valence-electron chi connectivity index (χ1n) is 3.08. The maximum atomic E-state index is 9.16. The van der Waals surface area contributed by atoms with Gasteiger partial charge in [0.2, 0.25) is 0 Å². The number of allylic oxidation sites excluding steroid dienone is 1. The van der Waals surface area contributed by atoms with Crippen molar-refractivity contribution in [1.29, 1.82) is 0 Å². The van der Waals surface area contributed by atoms with E-state index < -0.39 is 0 Å². The maximum absolute atomic E-state index is 9.16. The first kappa shape index (κ1) is 18.0. The van der Waals surface area contributed by atoms with Crippen molar-refractivity contribution >= 4 is 6.08 Å². The summed E-state index contributed by atoms with van der Waals surface area (Å²) in [5, 5.41) is 9.16. The fraction of sp³-hybridized carbons (Fsp3) is 0. The predicted molar refractivity (Wildman–Crippen MR) is 53.1 cm³/mol. The molecule has 4 heteroatoms. The summed E-state index contributed by atoms with van der Waals surface area (Å²) in [6.45, 7) is 3.53. The van der Waals surface area contributed by atoms with E-state index in [1.807, 2.05) is 12.1 Å². The van der Waals surface area contributed by atoms with E-state index in [2.05, 4.69) is 6.92 Å². The minimum absolute atomic E-state index is 0. The molecule has 1 aromatic rings. The van der Waals surface area contributed by atoms with E-state index in [-0.39, 0.29) is 28.8 Å². The molecular weight excluding hydrogens is 211 g/mol. The van der Waals surface area contributed by atoms with Crippen LogP contribution in [0.15, 0.2) is 30.3 Å². The summed E-state index contributed by atoms with van der Waals surface area (Å²) in [4.78, 5) is 0. The smallest absolute Gasteiger partial charge is 0.693 e. The predicted octanol–water partition coefficient (Wildman–Crippen LogP) is 3.67. The zero-order chi connectivity index (χ0) is 7.40. The van der Waals surface area contributed by atoms with Gasteiger partial charge in [-0.3, -0.25) is 0 Å². The largest absolute Gasteiger partial charge is 3.00 e. The van der Waals surface area contributed by atoms with Gasteiger partial charge in [-0.15, -0.1) is 0 Å². The van der Waals surface area contributed by atoms with Crippen molar-refractivity contribution in [2.24, 2.45) is 0 Å². The number of aromatic hydroxyl groups is 1. The van der Waals surface area contributed by atoms with Crippen LogP contribution in [0.25, 0.3) is 18.4 Å². The normalized spacial score (nSPS) is 8.00. The van der Waals surface area contributed by atoms with Gasteiger partial charge >= 0.3 is 16.5 Å². The standard InChI is InChI=1S/C9H9O.2H2N.Ni/c1-2-5-8-6-3-4-7-9(8)10;;;/h2-7,10H,1H2;2*1H2;/q3*-1;+3. The molecule has 0 atom stereocenters. The first-order chi connectivity index (χ1) is 4.84. The fourth-order valence-corrected chi connectivity index (χ4v) is 0.755. The van der Waals surface area contributed by atoms with Gasteiger partial charge in [0, 0.05) is 0 Å². The SMILES string of the molecule is [CH2-]C=Cc1ccccc1O.[NH2-].[NH2-].[Ni+3]. The van der Waals surface area contributed by atoms with Gasteiger partial charge in [-0.1, -0.05) is 23.8 Å². The molecule has 5 N–H and O–H groups in total. The molecule has 0 fully saturated rings. The van der Waals surface area contributed by atoms with Crippen molar-refractivity contribution in [1.82, 2.24) is 0 Å². The fourth-order valence-electron chi connectivity index (χ4n) is 0.755. The maximum Gasteiger partial charge on any atom is 3.00 e. The zero-order valence-corrected chi connectivity index (χ0v) is 8.08. The van der Waals surface area contributed by atoms with Gasteiger partial charge < -0.3 is 17.4 Å². The minimum Gasteiger partial charge on any atom is -0.693 e. The van der Waals surface area contributed by atoms with Crippen LogP contribution in [0, 0.1) is 6.92 Å². The molecule has 0 aliphatic carbocycles. The monoisotopic (exact) mass is 223 g/mol. The summed E-state index contributed by atoms with van der Waals surface area (Å²) in [5.74, 6) is 0.294. The number of hydrogen-bond donors (Lipinski definition) is 1. The van der Waals surface area contributed by atoms with Crippen LogP contribution < -0.4 is 0 Å². The van der Waals surface area contributed by atoms with E-state index in [0.29, 0.717) is 5.75 Å². The summed E-state index contributed by atoms with van der Waals surface area (Å²) < 4.78 is 0. The third-order valence-electron chi connectivity index (χ3n) is 1.23. The number of nitrogens with two attached hydrogens (primary N) is 2. The van der Waals surface area contributed by atoms with Crippen molar-refractivity contribution in [2.45, 2.75) is 0 Å². The molecule has 0 saturated carbocycles. The molecule has 0 aromatic heterocycles. The molecule has 0 spiro atoms. The van der Waals surface area contributed by atoms with Gasteiger partial charge in [0.05, 0.1) is 0 Å². The van der Waals surface area contributed by atoms with Crippen LogP contribution >= 0.6 is 0 Å². The molecule has 1 aromatic carbocycles. The third-order valence-corrected chi connectivity index (χ3v) is 1.23. The van der Waals surface area contributed by atoms with Gasteiger partial charge in [0.25, 0.3) is 0 Å². The molecular formula is C9H13N2NiO. The molecule has 0 unspecified atom stereocenters. The Balaban J connectivity index is -0.000000333. The Morgan fingerprint density at radius 1 is 1.15 bits per heavy atom. The molecule has 0 amide bonds. The molecule has 3 nitrogen and oxygen atoms in total. The minimum atomic E-state index is 0. The van der Waals surface area contributed by atoms with Crippen molar-refractivity contribution in [3.8, 4) is 5.75 Å². The molecule has 1 radical (unpaired) electrons. The van der Waals surface area contributed by atoms with Crippen LogP contribution in [0.2, 0.25) is 0 Å². The number of rotatable bonds is 1. The van der Waals surface area contributed by atoms with E-state index in [9.17, 15) is 0 Å². The Hall–Kier alpha value is -0.956. The summed E-state index contributed by atoms with van der Waals surface area (Å²) in [6.07, 6.45) is 3.41. The van der Waals surface area contributed by atoms with E-state index in [4.69, 9.17) is 5.11 Å². The second-order valence-corrected chi connectivity index (χ2v) is 1.96. The second-order valence-electron chi connectivity index (χ2n) is 1.96. The Labute approximate surface area is 88.9 Å². The summed E-state index contributed by atoms with van der Waals surface area (Å²) in [6, 6.07) is 7.14. The molecule has 0 aliphatic rings. The number of phenols is 1. The summed E-state index contributed by atoms with van der Waals surface area (Å²) in [7, 11) is 0. The topological polar surface area (TPSA) is 87.2 Å². The Bertz CT molecular complexity index is 251. The van der Waals surface area contributed by atoms with E-state index >= 15 is 0 Å². The molecule has 75 valence electrons. The Kier molecular flexibility index (Phi) is 12.6. The number of benzene rings is 1. The van der Waals surface area contributed by atoms with Crippen LogP contribution in [0.1, 0.15) is 5.56 Å². The van der Waals surface area contributed by atoms with Crippen LogP contribution in [0.5, 0.6) is 5.75 Å². The average molecular weight is 224 g/mol. The van der Waals surface area contributed by atoms with Gasteiger partial charge in [0.15, 0.2) is 0 Å². The Morgan fingerprint density at radius 3 is 2.15 bits per heavy atom. The first-order valence-corrected chi connectivity index (χ1v) is 3.08. The molecule has 13 heavy (non-hydrogen) atoms. The van der Waals surface area contributed by atoms with Crippen LogP contribution in [-0.2, 0) is 16.5 Å². The quantitative estimate of drug-likeness (QED) is 0.572. The van der Waals surface area contributed by atoms with Gasteiger partial charge in [0.1, 0.15) is 5.75 Å². The van der Waals surface area contributed by atoms with E-state index in [1.54, 1.807) is 24.3 Å². The van der Waals surface area contributed by atoms with Crippen LogP contribution in [0.3, 0.4) is 0 Å². The van der Waals surface area contributed by atoms with Gasteiger partial charge in [-0.2, -0.15) is 6.08 Å². The summed E-state index contributed by atoms with van der Waals surface area (Å²) in [5.41, 5.74) is 0.803. The zero-order valence-electron chi connectivity index (χ0n) is 7.09. The Morgan fingerprint density at radius 2 is 1.69 bits per heavy atom. The molecule has 0 bridgehead atoms. The molecule has 0 heterocycles. The summed E-state index contributed by atoms with van der Waals surface area (Å²) >= 11 is 0. The van der Waals surface area contributed by atoms with Crippen molar-refractivity contribution in [3.05, 3.63) is 55.1 Å². The second kappa shape index (κ2) is 9.13. The van der Waals surface area contributed by atoms with Gasteiger partial charge in [-0.25, -0.2) is 13.0 Å². The molecule has 0 aliphatic heterocycles. The third kappa shape index (κ3) is 5.31. The van der Waals surface area contributed by atoms with E-state index in [0.717, 1.165) is 5.56 Å². The number of phenolic OH excluding ortho intramolecular Hbond substituents is 1. The van der Waals surface area contributed by atoms with Crippen LogP contribution in [0.4, 0.5) is 0 Å². The van der Waals surface area contributed by atoms with Crippen molar-refractivity contribution in [2.75, 3.05) is 0 Å². The van der Waals surface area contributed by atoms with Crippen molar-refractivity contribution in [3.63, 3.8) is 0 Å².